The summed E-state index contributed by atoms with van der Waals surface area (Å²) >= 11 is 0. The average molecular weight is 514 g/mol. The predicted molar refractivity (Wildman–Crippen MR) is 144 cm³/mol. The molecule has 0 aromatic heterocycles. The SMILES string of the molecule is COC(=O)N[C@H]1CCC[C@@H]1C(C)(c1ccc(OC2CN(c3ccc(C#N)cc3)C2)cc1)c1cccc(F)c1. The standard InChI is InChI=1S/C31H32FN3O3/c1-31(23-5-3-6-24(32)17-23,28-7-4-8-29(28)34-30(36)37-2)22-11-15-26(16-12-22)38-27-19-35(20-27)25-13-9-21(18-33)10-14-25/h3,5-6,9-17,27-29H,4,7-8,19-20H2,1-2H3,(H,34,36)/t28-,29-,31?/m0/s1. The van der Waals surface area contributed by atoms with Gasteiger partial charge in [-0.05, 0) is 78.4 Å². The lowest BCUT2D eigenvalue weighted by molar-refractivity contribution is 0.159. The highest BCUT2D eigenvalue weighted by Crippen LogP contribution is 2.47. The third kappa shape index (κ3) is 5.04. The predicted octanol–water partition coefficient (Wildman–Crippen LogP) is 5.80. The van der Waals surface area contributed by atoms with Crippen LogP contribution >= 0.6 is 0 Å². The highest BCUT2D eigenvalue weighted by molar-refractivity contribution is 5.67. The molecular weight excluding hydrogens is 481 g/mol. The lowest BCUT2D eigenvalue weighted by Crippen LogP contribution is -2.54. The lowest BCUT2D eigenvalue weighted by atomic mass is 9.65. The molecule has 6 nitrogen and oxygen atoms in total. The van der Waals surface area contributed by atoms with Crippen molar-refractivity contribution in [1.82, 2.24) is 5.32 Å². The molecule has 1 saturated carbocycles. The Morgan fingerprint density at radius 3 is 2.45 bits per heavy atom. The Morgan fingerprint density at radius 2 is 1.79 bits per heavy atom. The normalized spacial score (nSPS) is 20.6. The van der Waals surface area contributed by atoms with E-state index in [0.717, 1.165) is 54.9 Å². The number of nitrogens with zero attached hydrogens (tertiary/aromatic N) is 2. The fourth-order valence-electron chi connectivity index (χ4n) is 5.98. The second kappa shape index (κ2) is 10.7. The first-order valence-electron chi connectivity index (χ1n) is 13.0. The van der Waals surface area contributed by atoms with Crippen LogP contribution in [0.4, 0.5) is 14.9 Å². The Bertz CT molecular complexity index is 1320. The van der Waals surface area contributed by atoms with Gasteiger partial charge in [0, 0.05) is 17.1 Å². The van der Waals surface area contributed by atoms with E-state index >= 15 is 0 Å². The third-order valence-electron chi connectivity index (χ3n) is 8.14. The molecule has 0 spiro atoms. The Kier molecular flexibility index (Phi) is 7.24. The van der Waals surface area contributed by atoms with Crippen LogP contribution in [-0.2, 0) is 10.2 Å². The average Bonchev–Trinajstić information content (AvgIpc) is 3.39. The van der Waals surface area contributed by atoms with Crippen LogP contribution in [0, 0.1) is 23.1 Å². The number of amides is 1. The van der Waals surface area contributed by atoms with Crippen LogP contribution in [-0.4, -0.2) is 38.4 Å². The molecular formula is C31H32FN3O3. The summed E-state index contributed by atoms with van der Waals surface area (Å²) in [6.45, 7) is 3.69. The second-order valence-electron chi connectivity index (χ2n) is 10.3. The van der Waals surface area contributed by atoms with Gasteiger partial charge in [0.1, 0.15) is 17.7 Å². The van der Waals surface area contributed by atoms with Crippen LogP contribution in [0.1, 0.15) is 42.9 Å². The molecule has 5 rings (SSSR count). The molecule has 3 aromatic carbocycles. The number of rotatable bonds is 7. The van der Waals surface area contributed by atoms with Crippen molar-refractivity contribution in [2.75, 3.05) is 25.1 Å². The molecule has 1 aliphatic carbocycles. The first-order chi connectivity index (χ1) is 18.4. The number of methoxy groups -OCH3 is 1. The summed E-state index contributed by atoms with van der Waals surface area (Å²) in [7, 11) is 1.37. The van der Waals surface area contributed by atoms with E-state index in [1.807, 2.05) is 42.5 Å². The summed E-state index contributed by atoms with van der Waals surface area (Å²) in [4.78, 5) is 14.3. The fourth-order valence-corrected chi connectivity index (χ4v) is 5.98. The van der Waals surface area contributed by atoms with Crippen molar-refractivity contribution < 1.29 is 18.7 Å². The largest absolute Gasteiger partial charge is 0.487 e. The summed E-state index contributed by atoms with van der Waals surface area (Å²) in [6.07, 6.45) is 2.37. The Morgan fingerprint density at radius 1 is 1.05 bits per heavy atom. The molecule has 2 fully saturated rings. The van der Waals surface area contributed by atoms with Gasteiger partial charge in [-0.15, -0.1) is 0 Å². The van der Waals surface area contributed by atoms with Gasteiger partial charge in [0.2, 0.25) is 0 Å². The monoisotopic (exact) mass is 513 g/mol. The van der Waals surface area contributed by atoms with Crippen LogP contribution < -0.4 is 15.0 Å². The fraction of sp³-hybridized carbons (Fsp3) is 0.355. The van der Waals surface area contributed by atoms with Crippen molar-refractivity contribution >= 4 is 11.8 Å². The minimum absolute atomic E-state index is 0.0720. The quantitative estimate of drug-likeness (QED) is 0.433. The molecule has 196 valence electrons. The van der Waals surface area contributed by atoms with Crippen molar-refractivity contribution in [3.8, 4) is 11.8 Å². The van der Waals surface area contributed by atoms with E-state index in [1.165, 1.54) is 13.2 Å². The van der Waals surface area contributed by atoms with E-state index in [2.05, 4.69) is 35.3 Å². The number of hydrogen-bond donors (Lipinski definition) is 1. The summed E-state index contributed by atoms with van der Waals surface area (Å²) in [5.41, 5.74) is 3.14. The number of nitrogens with one attached hydrogen (secondary N) is 1. The van der Waals surface area contributed by atoms with Crippen LogP contribution in [0.15, 0.2) is 72.8 Å². The zero-order valence-corrected chi connectivity index (χ0v) is 21.7. The van der Waals surface area contributed by atoms with E-state index in [1.54, 1.807) is 12.1 Å². The number of hydrogen-bond acceptors (Lipinski definition) is 5. The number of benzene rings is 3. The smallest absolute Gasteiger partial charge is 0.407 e. The zero-order chi connectivity index (χ0) is 26.7. The van der Waals surface area contributed by atoms with E-state index in [9.17, 15) is 9.18 Å². The highest BCUT2D eigenvalue weighted by atomic mass is 19.1. The Balaban J connectivity index is 1.33. The van der Waals surface area contributed by atoms with Gasteiger partial charge in [0.15, 0.2) is 0 Å². The third-order valence-corrected chi connectivity index (χ3v) is 8.14. The summed E-state index contributed by atoms with van der Waals surface area (Å²) in [5.74, 6) is 0.583. The topological polar surface area (TPSA) is 74.6 Å². The molecule has 1 saturated heterocycles. The molecule has 3 aromatic rings. The summed E-state index contributed by atoms with van der Waals surface area (Å²) in [5, 5.41) is 12.0. The lowest BCUT2D eigenvalue weighted by Gasteiger charge is -2.41. The van der Waals surface area contributed by atoms with Crippen LogP contribution in [0.25, 0.3) is 0 Å². The maximum Gasteiger partial charge on any atom is 0.407 e. The van der Waals surface area contributed by atoms with Crippen molar-refractivity contribution in [2.24, 2.45) is 5.92 Å². The molecule has 1 heterocycles. The number of anilines is 1. The first-order valence-corrected chi connectivity index (χ1v) is 13.0. The van der Waals surface area contributed by atoms with Crippen LogP contribution in [0.2, 0.25) is 0 Å². The molecule has 7 heteroatoms. The molecule has 3 atom stereocenters. The van der Waals surface area contributed by atoms with Gasteiger partial charge in [-0.3, -0.25) is 0 Å². The van der Waals surface area contributed by atoms with Crippen molar-refractivity contribution in [3.63, 3.8) is 0 Å². The molecule has 1 N–H and O–H groups in total. The van der Waals surface area contributed by atoms with Gasteiger partial charge in [0.05, 0.1) is 31.8 Å². The Labute approximate surface area is 223 Å². The maximum atomic E-state index is 14.4. The van der Waals surface area contributed by atoms with Crippen molar-refractivity contribution in [1.29, 1.82) is 5.26 Å². The number of alkyl carbamates (subject to hydrolysis) is 1. The molecule has 0 radical (unpaired) electrons. The summed E-state index contributed by atoms with van der Waals surface area (Å²) in [6, 6.07) is 24.5. The maximum absolute atomic E-state index is 14.4. The molecule has 1 amide bonds. The minimum Gasteiger partial charge on any atom is -0.487 e. The first kappa shape index (κ1) is 25.6. The number of carbonyl (C=O) groups is 1. The van der Waals surface area contributed by atoms with Crippen LogP contribution in [0.3, 0.4) is 0 Å². The van der Waals surface area contributed by atoms with Gasteiger partial charge in [0.25, 0.3) is 0 Å². The van der Waals surface area contributed by atoms with Gasteiger partial charge in [-0.25, -0.2) is 9.18 Å². The molecule has 1 aliphatic heterocycles. The van der Waals surface area contributed by atoms with Crippen molar-refractivity contribution in [2.45, 2.75) is 43.7 Å². The number of ether oxygens (including phenoxy) is 2. The van der Waals surface area contributed by atoms with Gasteiger partial charge < -0.3 is 19.7 Å². The number of halogens is 1. The van der Waals surface area contributed by atoms with Crippen molar-refractivity contribution in [3.05, 3.63) is 95.3 Å². The summed E-state index contributed by atoms with van der Waals surface area (Å²) < 4.78 is 25.5. The number of nitriles is 1. The minimum atomic E-state index is -0.522. The van der Waals surface area contributed by atoms with Gasteiger partial charge >= 0.3 is 6.09 Å². The highest BCUT2D eigenvalue weighted by Gasteiger charge is 2.45. The number of carbonyl (C=O) groups excluding carboxylic acids is 1. The zero-order valence-electron chi connectivity index (χ0n) is 21.7. The van der Waals surface area contributed by atoms with E-state index in [-0.39, 0.29) is 23.9 Å². The van der Waals surface area contributed by atoms with E-state index < -0.39 is 11.5 Å². The van der Waals surface area contributed by atoms with Crippen LogP contribution in [0.5, 0.6) is 5.75 Å². The molecule has 38 heavy (non-hydrogen) atoms. The Hall–Kier alpha value is -4.05. The van der Waals surface area contributed by atoms with Gasteiger partial charge in [-0.2, -0.15) is 5.26 Å². The van der Waals surface area contributed by atoms with E-state index in [0.29, 0.717) is 5.56 Å². The van der Waals surface area contributed by atoms with E-state index in [4.69, 9.17) is 14.7 Å². The molecule has 1 unspecified atom stereocenters. The molecule has 0 bridgehead atoms. The van der Waals surface area contributed by atoms with Gasteiger partial charge in [-0.1, -0.05) is 37.6 Å². The molecule has 2 aliphatic rings. The second-order valence-corrected chi connectivity index (χ2v) is 10.3.